The molecule has 7 heteroatoms. The maximum Gasteiger partial charge on any atom is 0.307 e. The van der Waals surface area contributed by atoms with Crippen LogP contribution in [-0.4, -0.2) is 28.8 Å². The highest BCUT2D eigenvalue weighted by Crippen LogP contribution is 2.12. The van der Waals surface area contributed by atoms with Gasteiger partial charge < -0.3 is 4.74 Å². The van der Waals surface area contributed by atoms with Crippen molar-refractivity contribution < 1.29 is 9.53 Å². The molecule has 4 aromatic rings. The third-order valence-corrected chi connectivity index (χ3v) is 4.72. The highest BCUT2D eigenvalue weighted by molar-refractivity contribution is 5.93. The van der Waals surface area contributed by atoms with Crippen LogP contribution in [0.4, 0.5) is 0 Å². The van der Waals surface area contributed by atoms with Crippen LogP contribution < -0.4 is 15.7 Å². The van der Waals surface area contributed by atoms with E-state index in [0.717, 1.165) is 11.1 Å². The quantitative estimate of drug-likeness (QED) is 0.389. The zero-order valence-corrected chi connectivity index (χ0v) is 16.9. The molecule has 0 bridgehead atoms. The molecule has 1 N–H and O–H groups in total. The summed E-state index contributed by atoms with van der Waals surface area (Å²) in [5.74, 6) is 0.108. The second-order valence-electron chi connectivity index (χ2n) is 6.81. The molecule has 0 radical (unpaired) electrons. The van der Waals surface area contributed by atoms with Crippen molar-refractivity contribution in [1.29, 1.82) is 0 Å². The second-order valence-corrected chi connectivity index (χ2v) is 6.81. The molecule has 1 aromatic heterocycles. The number of carbonyl (C=O) groups is 1. The fourth-order valence-electron chi connectivity index (χ4n) is 3.19. The third kappa shape index (κ3) is 4.51. The molecule has 0 unspecified atom stereocenters. The first-order valence-electron chi connectivity index (χ1n) is 9.66. The Bertz CT molecular complexity index is 1310. The number of benzene rings is 3. The number of hydrogen-bond donors (Lipinski definition) is 1. The summed E-state index contributed by atoms with van der Waals surface area (Å²) >= 11 is 0. The molecule has 0 atom stereocenters. The number of hydrogen-bond acceptors (Lipinski definition) is 5. The number of amides is 1. The van der Waals surface area contributed by atoms with Gasteiger partial charge in [-0.1, -0.05) is 54.6 Å². The van der Waals surface area contributed by atoms with Crippen LogP contribution in [0.15, 0.2) is 88.8 Å². The molecule has 0 saturated carbocycles. The van der Waals surface area contributed by atoms with E-state index in [4.69, 9.17) is 4.74 Å². The predicted octanol–water partition coefficient (Wildman–Crippen LogP) is 3.22. The van der Waals surface area contributed by atoms with Crippen molar-refractivity contribution >= 4 is 23.0 Å². The van der Waals surface area contributed by atoms with Gasteiger partial charge in [-0.25, -0.2) is 10.4 Å². The molecule has 0 saturated heterocycles. The lowest BCUT2D eigenvalue weighted by Gasteiger charge is -2.12. The first-order chi connectivity index (χ1) is 15.2. The van der Waals surface area contributed by atoms with Gasteiger partial charge in [-0.15, -0.1) is 0 Å². The van der Waals surface area contributed by atoms with Crippen molar-refractivity contribution in [3.05, 3.63) is 106 Å². The Morgan fingerprint density at radius 3 is 2.65 bits per heavy atom. The van der Waals surface area contributed by atoms with Gasteiger partial charge in [0.1, 0.15) is 5.75 Å². The van der Waals surface area contributed by atoms with Crippen molar-refractivity contribution in [3.63, 3.8) is 0 Å². The van der Waals surface area contributed by atoms with E-state index in [1.165, 1.54) is 10.8 Å². The molecule has 0 spiro atoms. The van der Waals surface area contributed by atoms with Gasteiger partial charge in [-0.05, 0) is 35.4 Å². The van der Waals surface area contributed by atoms with E-state index in [1.54, 1.807) is 37.4 Å². The average molecular weight is 412 g/mol. The number of nitrogens with one attached hydrogen (secondary N) is 1. The first kappa shape index (κ1) is 20.0. The molecule has 31 heavy (non-hydrogen) atoms. The lowest BCUT2D eigenvalue weighted by molar-refractivity contribution is 0.0939. The van der Waals surface area contributed by atoms with E-state index in [1.807, 2.05) is 48.5 Å². The molecule has 0 aliphatic carbocycles. The van der Waals surface area contributed by atoms with Crippen LogP contribution in [-0.2, 0) is 6.54 Å². The number of fused-ring (bicyclic) bond motifs is 1. The van der Waals surface area contributed by atoms with Crippen molar-refractivity contribution in [2.24, 2.45) is 5.10 Å². The Morgan fingerprint density at radius 1 is 1.06 bits per heavy atom. The number of rotatable bonds is 6. The fraction of sp³-hybridized carbons (Fsp3) is 0.0833. The molecule has 7 nitrogen and oxygen atoms in total. The average Bonchev–Trinajstić information content (AvgIpc) is 2.81. The van der Waals surface area contributed by atoms with Gasteiger partial charge in [0.25, 0.3) is 5.56 Å². The Balaban J connectivity index is 1.67. The predicted molar refractivity (Wildman–Crippen MR) is 120 cm³/mol. The fourth-order valence-corrected chi connectivity index (χ4v) is 3.19. The molecular weight excluding hydrogens is 392 g/mol. The smallest absolute Gasteiger partial charge is 0.307 e. The minimum Gasteiger partial charge on any atom is -0.497 e. The summed E-state index contributed by atoms with van der Waals surface area (Å²) < 4.78 is 6.55. The van der Waals surface area contributed by atoms with Crippen molar-refractivity contribution in [1.82, 2.24) is 15.0 Å². The van der Waals surface area contributed by atoms with Crippen LogP contribution in [0.5, 0.6) is 5.75 Å². The maximum atomic E-state index is 13.1. The zero-order chi connectivity index (χ0) is 21.6. The van der Waals surface area contributed by atoms with E-state index in [-0.39, 0.29) is 17.9 Å². The molecule has 1 amide bonds. The number of ether oxygens (including phenoxy) is 1. The van der Waals surface area contributed by atoms with E-state index < -0.39 is 5.91 Å². The second kappa shape index (κ2) is 9.04. The topological polar surface area (TPSA) is 85.6 Å². The van der Waals surface area contributed by atoms with E-state index >= 15 is 0 Å². The van der Waals surface area contributed by atoms with E-state index in [9.17, 15) is 9.59 Å². The summed E-state index contributed by atoms with van der Waals surface area (Å²) in [6.07, 6.45) is 1.50. The van der Waals surface area contributed by atoms with Gasteiger partial charge in [-0.3, -0.25) is 14.2 Å². The van der Waals surface area contributed by atoms with Gasteiger partial charge in [0.15, 0.2) is 0 Å². The summed E-state index contributed by atoms with van der Waals surface area (Å²) in [6.45, 7) is 0.222. The van der Waals surface area contributed by atoms with Gasteiger partial charge in [0, 0.05) is 0 Å². The Morgan fingerprint density at radius 2 is 1.84 bits per heavy atom. The number of hydrazone groups is 1. The molecule has 4 rings (SSSR count). The minimum absolute atomic E-state index is 0.00431. The Labute approximate surface area is 178 Å². The number of aromatic nitrogens is 2. The standard InChI is InChI=1S/C24H20N4O3/c1-31-19-11-7-10-18(14-19)15-25-27-23(29)22-26-21-13-6-5-12-20(21)24(30)28(22)16-17-8-3-2-4-9-17/h2-15H,16H2,1H3,(H,27,29)/b25-15-. The summed E-state index contributed by atoms with van der Waals surface area (Å²) in [5, 5.41) is 4.47. The van der Waals surface area contributed by atoms with Crippen LogP contribution in [0.1, 0.15) is 21.7 Å². The number of para-hydroxylation sites is 1. The highest BCUT2D eigenvalue weighted by Gasteiger charge is 2.17. The van der Waals surface area contributed by atoms with Crippen molar-refractivity contribution in [2.75, 3.05) is 7.11 Å². The van der Waals surface area contributed by atoms with Gasteiger partial charge in [-0.2, -0.15) is 5.10 Å². The zero-order valence-electron chi connectivity index (χ0n) is 16.9. The van der Waals surface area contributed by atoms with Crippen LogP contribution in [0.2, 0.25) is 0 Å². The molecule has 0 aliphatic rings. The molecule has 0 fully saturated rings. The van der Waals surface area contributed by atoms with Crippen LogP contribution in [0, 0.1) is 0 Å². The SMILES string of the molecule is COc1cccc(/C=N\NC(=O)c2nc3ccccc3c(=O)n2Cc2ccccc2)c1. The first-order valence-corrected chi connectivity index (χ1v) is 9.66. The summed E-state index contributed by atoms with van der Waals surface area (Å²) in [4.78, 5) is 30.4. The number of nitrogens with zero attached hydrogens (tertiary/aromatic N) is 3. The minimum atomic E-state index is -0.571. The number of methoxy groups -OCH3 is 1. The lowest BCUT2D eigenvalue weighted by Crippen LogP contribution is -2.32. The molecule has 1 heterocycles. The van der Waals surface area contributed by atoms with Crippen LogP contribution >= 0.6 is 0 Å². The monoisotopic (exact) mass is 412 g/mol. The van der Waals surface area contributed by atoms with Gasteiger partial charge in [0.05, 0.1) is 30.8 Å². The summed E-state index contributed by atoms with van der Waals surface area (Å²) in [6, 6.07) is 23.7. The summed E-state index contributed by atoms with van der Waals surface area (Å²) in [5.41, 5.74) is 4.29. The largest absolute Gasteiger partial charge is 0.497 e. The molecule has 154 valence electrons. The normalized spacial score (nSPS) is 11.0. The Kier molecular flexibility index (Phi) is 5.84. The summed E-state index contributed by atoms with van der Waals surface area (Å²) in [7, 11) is 1.58. The van der Waals surface area contributed by atoms with Crippen molar-refractivity contribution in [3.8, 4) is 5.75 Å². The van der Waals surface area contributed by atoms with Crippen molar-refractivity contribution in [2.45, 2.75) is 6.54 Å². The van der Waals surface area contributed by atoms with Crippen LogP contribution in [0.25, 0.3) is 10.9 Å². The highest BCUT2D eigenvalue weighted by atomic mass is 16.5. The van der Waals surface area contributed by atoms with E-state index in [2.05, 4.69) is 15.5 Å². The van der Waals surface area contributed by atoms with Crippen LogP contribution in [0.3, 0.4) is 0 Å². The third-order valence-electron chi connectivity index (χ3n) is 4.72. The lowest BCUT2D eigenvalue weighted by atomic mass is 10.2. The van der Waals surface area contributed by atoms with Gasteiger partial charge >= 0.3 is 5.91 Å². The Hall–Kier alpha value is -4.26. The molecule has 0 aliphatic heterocycles. The molecular formula is C24H20N4O3. The van der Waals surface area contributed by atoms with Gasteiger partial charge in [0.2, 0.25) is 5.82 Å². The number of carbonyl (C=O) groups excluding carboxylic acids is 1. The molecule has 3 aromatic carbocycles. The van der Waals surface area contributed by atoms with E-state index in [0.29, 0.717) is 16.7 Å². The maximum absolute atomic E-state index is 13.1.